The third kappa shape index (κ3) is 6.19. The topological polar surface area (TPSA) is 60.1 Å². The van der Waals surface area contributed by atoms with E-state index >= 15 is 0 Å². The van der Waals surface area contributed by atoms with E-state index in [-0.39, 0.29) is 24.0 Å². The monoisotopic (exact) mass is 405 g/mol. The van der Waals surface area contributed by atoms with Crippen LogP contribution in [-0.2, 0) is 22.6 Å². The zero-order chi connectivity index (χ0) is 14.2. The van der Waals surface area contributed by atoms with Crippen molar-refractivity contribution in [3.63, 3.8) is 0 Å². The summed E-state index contributed by atoms with van der Waals surface area (Å²) in [6.07, 6.45) is 0. The van der Waals surface area contributed by atoms with Crippen LogP contribution in [0.2, 0.25) is 0 Å². The largest absolute Gasteiger partial charge is 0.378 e. The summed E-state index contributed by atoms with van der Waals surface area (Å²) in [7, 11) is 0. The molecule has 1 saturated heterocycles. The number of halogens is 1. The first-order chi connectivity index (χ1) is 9.79. The fourth-order valence-corrected chi connectivity index (χ4v) is 2.03. The molecule has 21 heavy (non-hydrogen) atoms. The van der Waals surface area contributed by atoms with Crippen LogP contribution in [0.3, 0.4) is 0 Å². The van der Waals surface area contributed by atoms with Gasteiger partial charge in [-0.05, 0) is 18.1 Å². The second-order valence-electron chi connectivity index (χ2n) is 4.73. The molecule has 1 aliphatic rings. The minimum Gasteiger partial charge on any atom is -0.378 e. The molecule has 5 nitrogen and oxygen atoms in total. The maximum absolute atomic E-state index is 5.99. The summed E-state index contributed by atoms with van der Waals surface area (Å²) in [5, 5.41) is 0. The van der Waals surface area contributed by atoms with E-state index in [1.165, 1.54) is 5.56 Å². The Labute approximate surface area is 143 Å². The second kappa shape index (κ2) is 9.97. The lowest BCUT2D eigenvalue weighted by atomic mass is 10.1. The van der Waals surface area contributed by atoms with Gasteiger partial charge < -0.3 is 20.1 Å². The van der Waals surface area contributed by atoms with Gasteiger partial charge in [0.15, 0.2) is 5.96 Å². The van der Waals surface area contributed by atoms with Crippen LogP contribution in [0.1, 0.15) is 18.1 Å². The average molecular weight is 405 g/mol. The Bertz CT molecular complexity index is 431. The van der Waals surface area contributed by atoms with E-state index in [2.05, 4.69) is 34.2 Å². The van der Waals surface area contributed by atoms with Crippen molar-refractivity contribution in [1.82, 2.24) is 4.90 Å². The summed E-state index contributed by atoms with van der Waals surface area (Å²) >= 11 is 0. The summed E-state index contributed by atoms with van der Waals surface area (Å²) in [5.41, 5.74) is 8.33. The molecular weight excluding hydrogens is 381 g/mol. The van der Waals surface area contributed by atoms with Gasteiger partial charge in [-0.15, -0.1) is 24.0 Å². The SMILES string of the molecule is CCOCc1ccc(CN=C(N)N2CCOCC2)cc1.I. The van der Waals surface area contributed by atoms with Crippen molar-refractivity contribution < 1.29 is 9.47 Å². The minimum absolute atomic E-state index is 0. The molecule has 1 heterocycles. The predicted molar refractivity (Wildman–Crippen MR) is 94.9 cm³/mol. The molecule has 1 aromatic rings. The van der Waals surface area contributed by atoms with Crippen molar-refractivity contribution >= 4 is 29.9 Å². The van der Waals surface area contributed by atoms with Gasteiger partial charge in [0.1, 0.15) is 0 Å². The Balaban J connectivity index is 0.00000220. The average Bonchev–Trinajstić information content (AvgIpc) is 2.52. The third-order valence-corrected chi connectivity index (χ3v) is 3.25. The van der Waals surface area contributed by atoms with Crippen molar-refractivity contribution in [2.45, 2.75) is 20.1 Å². The van der Waals surface area contributed by atoms with E-state index in [0.29, 0.717) is 19.1 Å². The molecule has 1 aliphatic heterocycles. The fourth-order valence-electron chi connectivity index (χ4n) is 2.03. The number of ether oxygens (including phenoxy) is 2. The molecule has 0 bridgehead atoms. The van der Waals surface area contributed by atoms with E-state index in [9.17, 15) is 0 Å². The minimum atomic E-state index is 0. The van der Waals surface area contributed by atoms with Gasteiger partial charge in [0.2, 0.25) is 0 Å². The van der Waals surface area contributed by atoms with Crippen molar-refractivity contribution in [2.75, 3.05) is 32.9 Å². The Morgan fingerprint density at radius 1 is 1.24 bits per heavy atom. The smallest absolute Gasteiger partial charge is 0.191 e. The van der Waals surface area contributed by atoms with Crippen LogP contribution in [-0.4, -0.2) is 43.8 Å². The summed E-state index contributed by atoms with van der Waals surface area (Å²) < 4.78 is 10.7. The Kier molecular flexibility index (Phi) is 8.63. The number of nitrogens with two attached hydrogens (primary N) is 1. The van der Waals surface area contributed by atoms with Crippen LogP contribution in [0.5, 0.6) is 0 Å². The van der Waals surface area contributed by atoms with Crippen molar-refractivity contribution in [2.24, 2.45) is 10.7 Å². The normalized spacial score (nSPS) is 15.7. The highest BCUT2D eigenvalue weighted by atomic mass is 127. The third-order valence-electron chi connectivity index (χ3n) is 3.25. The summed E-state index contributed by atoms with van der Waals surface area (Å²) in [6, 6.07) is 8.30. The van der Waals surface area contributed by atoms with Gasteiger partial charge in [0, 0.05) is 19.7 Å². The van der Waals surface area contributed by atoms with Crippen LogP contribution in [0, 0.1) is 0 Å². The summed E-state index contributed by atoms with van der Waals surface area (Å²) in [4.78, 5) is 6.51. The highest BCUT2D eigenvalue weighted by Gasteiger charge is 2.11. The van der Waals surface area contributed by atoms with Gasteiger partial charge in [-0.2, -0.15) is 0 Å². The number of hydrogen-bond acceptors (Lipinski definition) is 3. The van der Waals surface area contributed by atoms with Gasteiger partial charge in [-0.25, -0.2) is 4.99 Å². The zero-order valence-electron chi connectivity index (χ0n) is 12.5. The Morgan fingerprint density at radius 2 is 1.86 bits per heavy atom. The number of hydrogen-bond donors (Lipinski definition) is 1. The maximum Gasteiger partial charge on any atom is 0.191 e. The molecule has 0 spiro atoms. The van der Waals surface area contributed by atoms with Crippen LogP contribution in [0.15, 0.2) is 29.3 Å². The number of morpholine rings is 1. The highest BCUT2D eigenvalue weighted by Crippen LogP contribution is 2.07. The fraction of sp³-hybridized carbons (Fsp3) is 0.533. The van der Waals surface area contributed by atoms with Crippen molar-refractivity contribution in [3.05, 3.63) is 35.4 Å². The molecule has 1 fully saturated rings. The first-order valence-corrected chi connectivity index (χ1v) is 7.07. The molecule has 2 N–H and O–H groups in total. The number of nitrogens with zero attached hydrogens (tertiary/aromatic N) is 2. The van der Waals surface area contributed by atoms with E-state index in [0.717, 1.165) is 38.5 Å². The van der Waals surface area contributed by atoms with Gasteiger partial charge in [0.05, 0.1) is 26.4 Å². The maximum atomic E-state index is 5.99. The van der Waals surface area contributed by atoms with Crippen molar-refractivity contribution in [3.8, 4) is 0 Å². The molecule has 0 atom stereocenters. The van der Waals surface area contributed by atoms with E-state index < -0.39 is 0 Å². The first-order valence-electron chi connectivity index (χ1n) is 7.07. The lowest BCUT2D eigenvalue weighted by Gasteiger charge is -2.27. The highest BCUT2D eigenvalue weighted by molar-refractivity contribution is 14.0. The zero-order valence-corrected chi connectivity index (χ0v) is 14.8. The lowest BCUT2D eigenvalue weighted by Crippen LogP contribution is -2.44. The van der Waals surface area contributed by atoms with Gasteiger partial charge in [-0.1, -0.05) is 24.3 Å². The van der Waals surface area contributed by atoms with Crippen LogP contribution >= 0.6 is 24.0 Å². The van der Waals surface area contributed by atoms with Crippen LogP contribution < -0.4 is 5.73 Å². The molecule has 6 heteroatoms. The number of guanidine groups is 1. The van der Waals surface area contributed by atoms with Crippen LogP contribution in [0.25, 0.3) is 0 Å². The molecule has 0 unspecified atom stereocenters. The Morgan fingerprint density at radius 3 is 2.48 bits per heavy atom. The molecule has 1 aromatic carbocycles. The van der Waals surface area contributed by atoms with E-state index in [1.54, 1.807) is 0 Å². The number of rotatable bonds is 5. The van der Waals surface area contributed by atoms with E-state index in [1.807, 2.05) is 6.92 Å². The summed E-state index contributed by atoms with van der Waals surface area (Å²) in [6.45, 7) is 7.10. The molecule has 0 aromatic heterocycles. The molecule has 0 saturated carbocycles. The van der Waals surface area contributed by atoms with Gasteiger partial charge in [-0.3, -0.25) is 0 Å². The quantitative estimate of drug-likeness (QED) is 0.463. The second-order valence-corrected chi connectivity index (χ2v) is 4.73. The first kappa shape index (κ1) is 18.2. The van der Waals surface area contributed by atoms with Crippen LogP contribution in [0.4, 0.5) is 0 Å². The predicted octanol–water partition coefficient (Wildman–Crippen LogP) is 1.99. The molecule has 0 aliphatic carbocycles. The molecule has 0 radical (unpaired) electrons. The van der Waals surface area contributed by atoms with Gasteiger partial charge >= 0.3 is 0 Å². The number of aliphatic imine (C=N–C) groups is 1. The molecule has 118 valence electrons. The molecule has 0 amide bonds. The molecule has 2 rings (SSSR count). The standard InChI is InChI=1S/C15H23N3O2.HI/c1-2-19-12-14-5-3-13(4-6-14)11-17-15(16)18-7-9-20-10-8-18;/h3-6H,2,7-12H2,1H3,(H2,16,17);1H. The number of benzene rings is 1. The summed E-state index contributed by atoms with van der Waals surface area (Å²) in [5.74, 6) is 0.603. The van der Waals surface area contributed by atoms with Crippen molar-refractivity contribution in [1.29, 1.82) is 0 Å². The lowest BCUT2D eigenvalue weighted by molar-refractivity contribution is 0.0674. The van der Waals surface area contributed by atoms with Gasteiger partial charge in [0.25, 0.3) is 0 Å². The Hall–Kier alpha value is -0.860. The molecular formula is C15H24IN3O2. The van der Waals surface area contributed by atoms with E-state index in [4.69, 9.17) is 15.2 Å².